The van der Waals surface area contributed by atoms with Gasteiger partial charge in [-0.25, -0.2) is 8.42 Å². The molecular weight excluding hydrogens is 391 g/mol. The van der Waals surface area contributed by atoms with Crippen LogP contribution in [0.5, 0.6) is 0 Å². The van der Waals surface area contributed by atoms with Crippen molar-refractivity contribution < 1.29 is 17.7 Å². The normalized spacial score (nSPS) is 12.7. The molecule has 0 amide bonds. The summed E-state index contributed by atoms with van der Waals surface area (Å²) in [5.74, 6) is -1.09. The van der Waals surface area contributed by atoms with Gasteiger partial charge < -0.3 is 0 Å². The van der Waals surface area contributed by atoms with Gasteiger partial charge in [0.25, 0.3) is 0 Å². The van der Waals surface area contributed by atoms with Gasteiger partial charge in [0.1, 0.15) is 0 Å². The van der Waals surface area contributed by atoms with Gasteiger partial charge in [-0.3, -0.25) is 10.1 Å². The van der Waals surface area contributed by atoms with Gasteiger partial charge in [-0.1, -0.05) is 35.9 Å². The third-order valence-electron chi connectivity index (χ3n) is 3.94. The lowest BCUT2D eigenvalue weighted by atomic mass is 10.0. The Hall–Kier alpha value is -2.62. The van der Waals surface area contributed by atoms with Crippen LogP contribution in [0.4, 0.5) is 10.1 Å². The van der Waals surface area contributed by atoms with E-state index < -0.39 is 32.5 Å². The lowest BCUT2D eigenvalue weighted by molar-refractivity contribution is -0.387. The van der Waals surface area contributed by atoms with Gasteiger partial charge in [0.2, 0.25) is 15.8 Å². The number of aryl methyl sites for hydroxylation is 1. The summed E-state index contributed by atoms with van der Waals surface area (Å²) in [6.07, 6.45) is 0. The van der Waals surface area contributed by atoms with Gasteiger partial charge in [0, 0.05) is 10.9 Å². The zero-order valence-electron chi connectivity index (χ0n) is 14.1. The van der Waals surface area contributed by atoms with Gasteiger partial charge in [-0.2, -0.15) is 9.11 Å². The molecule has 0 unspecified atom stereocenters. The van der Waals surface area contributed by atoms with Gasteiger partial charge in [-0.15, -0.1) is 11.3 Å². The third-order valence-corrected chi connectivity index (χ3v) is 6.29. The topological polar surface area (TPSA) is 89.3 Å². The molecule has 0 aliphatic rings. The van der Waals surface area contributed by atoms with Crippen LogP contribution in [-0.2, 0) is 10.0 Å². The van der Waals surface area contributed by atoms with Crippen LogP contribution in [0.25, 0.3) is 0 Å². The minimum atomic E-state index is -4.13. The summed E-state index contributed by atoms with van der Waals surface area (Å²) in [4.78, 5) is 10.4. The fraction of sp³-hybridized carbons (Fsp3) is 0.111. The first kappa shape index (κ1) is 19.2. The number of nitrogens with one attached hydrogen (secondary N) is 1. The lowest BCUT2D eigenvalue weighted by Gasteiger charge is -2.18. The zero-order valence-corrected chi connectivity index (χ0v) is 15.8. The first-order valence-corrected chi connectivity index (χ1v) is 10.2. The van der Waals surface area contributed by atoms with Gasteiger partial charge >= 0.3 is 5.69 Å². The zero-order chi connectivity index (χ0) is 19.6. The van der Waals surface area contributed by atoms with Crippen LogP contribution in [0.2, 0.25) is 0 Å². The van der Waals surface area contributed by atoms with Crippen LogP contribution >= 0.6 is 11.3 Å². The second kappa shape index (κ2) is 7.55. The fourth-order valence-corrected chi connectivity index (χ4v) is 4.63. The largest absolute Gasteiger partial charge is 0.306 e. The number of hydrogen-bond acceptors (Lipinski definition) is 5. The van der Waals surface area contributed by atoms with Crippen LogP contribution in [0.1, 0.15) is 22.0 Å². The highest BCUT2D eigenvalue weighted by Crippen LogP contribution is 2.29. The molecule has 1 aromatic heterocycles. The van der Waals surface area contributed by atoms with Crippen molar-refractivity contribution in [1.82, 2.24) is 4.72 Å². The molecule has 0 aliphatic carbocycles. The van der Waals surface area contributed by atoms with E-state index in [1.165, 1.54) is 11.3 Å². The fourth-order valence-electron chi connectivity index (χ4n) is 2.53. The number of nitro groups is 1. The molecule has 6 nitrogen and oxygen atoms in total. The van der Waals surface area contributed by atoms with Crippen LogP contribution in [-0.4, -0.2) is 13.3 Å². The standard InChI is InChI=1S/C18H15FN2O4S2/c1-12-4-6-13(7-5-12)18(17-3-2-10-26-17)20-27(24,25)14-8-9-15(19)16(11-14)21(22)23/h2-11,18,20H,1H3/t18-/m0/s1. The second-order valence-electron chi connectivity index (χ2n) is 5.85. The number of benzene rings is 2. The molecule has 1 atom stereocenters. The molecule has 1 N–H and O–H groups in total. The van der Waals surface area contributed by atoms with Crippen molar-refractivity contribution in [3.05, 3.63) is 91.9 Å². The number of thiophene rings is 1. The minimum Gasteiger partial charge on any atom is -0.258 e. The Labute approximate surface area is 159 Å². The van der Waals surface area contributed by atoms with E-state index in [0.717, 1.165) is 34.2 Å². The molecule has 2 aromatic carbocycles. The Kier molecular flexibility index (Phi) is 5.36. The molecule has 9 heteroatoms. The average Bonchev–Trinajstić information content (AvgIpc) is 3.15. The summed E-state index contributed by atoms with van der Waals surface area (Å²) in [7, 11) is -4.13. The van der Waals surface area contributed by atoms with E-state index in [-0.39, 0.29) is 4.90 Å². The van der Waals surface area contributed by atoms with E-state index in [9.17, 15) is 22.9 Å². The molecule has 0 radical (unpaired) electrons. The molecule has 0 saturated heterocycles. The van der Waals surface area contributed by atoms with Gasteiger partial charge in [0.05, 0.1) is 15.9 Å². The number of rotatable bonds is 6. The quantitative estimate of drug-likeness (QED) is 0.491. The summed E-state index contributed by atoms with van der Waals surface area (Å²) >= 11 is 1.38. The van der Waals surface area contributed by atoms with Crippen molar-refractivity contribution in [3.63, 3.8) is 0 Å². The number of nitro benzene ring substituents is 1. The Bertz CT molecular complexity index is 1070. The van der Waals surface area contributed by atoms with E-state index in [0.29, 0.717) is 0 Å². The minimum absolute atomic E-state index is 0.371. The predicted octanol–water partition coefficient (Wildman–Crippen LogP) is 4.17. The van der Waals surface area contributed by atoms with Gasteiger partial charge in [0.15, 0.2) is 0 Å². The Balaban J connectivity index is 2.01. The maximum Gasteiger partial charge on any atom is 0.306 e. The van der Waals surface area contributed by atoms with Crippen LogP contribution < -0.4 is 4.72 Å². The summed E-state index contributed by atoms with van der Waals surface area (Å²) in [6.45, 7) is 1.92. The molecule has 3 rings (SSSR count). The molecule has 0 aliphatic heterocycles. The molecular formula is C18H15FN2O4S2. The molecule has 3 aromatic rings. The van der Waals surface area contributed by atoms with Crippen LogP contribution in [0, 0.1) is 22.9 Å². The SMILES string of the molecule is Cc1ccc([C@H](NS(=O)(=O)c2ccc(F)c([N+](=O)[O-])c2)c2cccs2)cc1. The monoisotopic (exact) mass is 406 g/mol. The summed E-state index contributed by atoms with van der Waals surface area (Å²) < 4.78 is 41.7. The van der Waals surface area contributed by atoms with E-state index in [1.807, 2.05) is 36.6 Å². The first-order valence-electron chi connectivity index (χ1n) is 7.84. The molecule has 140 valence electrons. The van der Waals surface area contributed by atoms with Crippen molar-refractivity contribution >= 4 is 27.0 Å². The Morgan fingerprint density at radius 2 is 1.85 bits per heavy atom. The molecule has 0 bridgehead atoms. The van der Waals surface area contributed by atoms with E-state index >= 15 is 0 Å². The lowest BCUT2D eigenvalue weighted by Crippen LogP contribution is -2.29. The van der Waals surface area contributed by atoms with Crippen LogP contribution in [0.15, 0.2) is 64.9 Å². The predicted molar refractivity (Wildman–Crippen MR) is 101 cm³/mol. The molecule has 0 saturated carbocycles. The summed E-state index contributed by atoms with van der Waals surface area (Å²) in [5, 5.41) is 12.7. The number of hydrogen-bond donors (Lipinski definition) is 1. The highest BCUT2D eigenvalue weighted by molar-refractivity contribution is 7.89. The van der Waals surface area contributed by atoms with Crippen molar-refractivity contribution in [2.24, 2.45) is 0 Å². The van der Waals surface area contributed by atoms with Crippen molar-refractivity contribution in [2.45, 2.75) is 17.9 Å². The summed E-state index contributed by atoms with van der Waals surface area (Å²) in [5.41, 5.74) is 0.866. The number of nitrogens with zero attached hydrogens (tertiary/aromatic N) is 1. The van der Waals surface area contributed by atoms with Crippen molar-refractivity contribution in [2.75, 3.05) is 0 Å². The highest BCUT2D eigenvalue weighted by Gasteiger charge is 2.26. The first-order chi connectivity index (χ1) is 12.8. The van der Waals surface area contributed by atoms with Crippen molar-refractivity contribution in [3.8, 4) is 0 Å². The van der Waals surface area contributed by atoms with E-state index in [4.69, 9.17) is 0 Å². The second-order valence-corrected chi connectivity index (χ2v) is 8.54. The smallest absolute Gasteiger partial charge is 0.258 e. The maximum absolute atomic E-state index is 13.5. The Morgan fingerprint density at radius 1 is 1.15 bits per heavy atom. The molecule has 0 spiro atoms. The van der Waals surface area contributed by atoms with E-state index in [2.05, 4.69) is 4.72 Å². The summed E-state index contributed by atoms with van der Waals surface area (Å²) in [6, 6.07) is 12.8. The average molecular weight is 406 g/mol. The van der Waals surface area contributed by atoms with Crippen LogP contribution in [0.3, 0.4) is 0 Å². The highest BCUT2D eigenvalue weighted by atomic mass is 32.2. The molecule has 0 fully saturated rings. The Morgan fingerprint density at radius 3 is 2.44 bits per heavy atom. The number of sulfonamides is 1. The van der Waals surface area contributed by atoms with E-state index in [1.54, 1.807) is 12.1 Å². The third kappa shape index (κ3) is 4.21. The molecule has 1 heterocycles. The maximum atomic E-state index is 13.5. The van der Waals surface area contributed by atoms with Gasteiger partial charge in [-0.05, 0) is 36.1 Å². The molecule has 27 heavy (non-hydrogen) atoms. The number of halogens is 1. The van der Waals surface area contributed by atoms with Crippen molar-refractivity contribution in [1.29, 1.82) is 0 Å².